The maximum Gasteiger partial charge on any atom is 0.266 e. The summed E-state index contributed by atoms with van der Waals surface area (Å²) in [5.74, 6) is -0.147. The number of carbonyl (C=O) groups excluding carboxylic acids is 1. The first kappa shape index (κ1) is 20.9. The topological polar surface area (TPSA) is 64.0 Å². The molecule has 0 spiro atoms. The molecule has 0 aliphatic carbocycles. The molecule has 0 saturated carbocycles. The van der Waals surface area contributed by atoms with Crippen LogP contribution in [0.25, 0.3) is 16.6 Å². The fourth-order valence-electron chi connectivity index (χ4n) is 3.52. The summed E-state index contributed by atoms with van der Waals surface area (Å²) in [7, 11) is 0. The van der Waals surface area contributed by atoms with Crippen molar-refractivity contribution >= 4 is 34.3 Å². The average molecular weight is 430 g/mol. The van der Waals surface area contributed by atoms with Crippen molar-refractivity contribution in [2.24, 2.45) is 0 Å². The number of aromatic nitrogens is 2. The summed E-state index contributed by atoms with van der Waals surface area (Å²) in [5.41, 5.74) is 3.97. The number of rotatable bonds is 5. The maximum atomic E-state index is 13.5. The van der Waals surface area contributed by atoms with E-state index in [4.69, 9.17) is 4.98 Å². The zero-order chi connectivity index (χ0) is 22.0. The van der Waals surface area contributed by atoms with Crippen LogP contribution >= 0.6 is 11.8 Å². The van der Waals surface area contributed by atoms with Gasteiger partial charge in [0.15, 0.2) is 5.16 Å². The Bertz CT molecular complexity index is 1300. The second kappa shape index (κ2) is 8.78. The molecule has 31 heavy (non-hydrogen) atoms. The molecule has 4 rings (SSSR count). The highest BCUT2D eigenvalue weighted by Gasteiger charge is 2.21. The standard InChI is InChI=1S/C25H23N3O2S/c1-16-10-9-11-17(2)22(16)28-24(30)20-14-7-8-15-21(20)27-25(28)31-18(3)23(29)26-19-12-5-4-6-13-19/h4-15,18H,1-3H3,(H,26,29). The minimum atomic E-state index is -0.455. The fourth-order valence-corrected chi connectivity index (χ4v) is 4.44. The molecule has 0 fully saturated rings. The van der Waals surface area contributed by atoms with Crippen LogP contribution in [0.1, 0.15) is 18.1 Å². The molecule has 0 aliphatic rings. The van der Waals surface area contributed by atoms with Crippen LogP contribution in [0.15, 0.2) is 82.7 Å². The number of para-hydroxylation sites is 3. The lowest BCUT2D eigenvalue weighted by Gasteiger charge is -2.19. The summed E-state index contributed by atoms with van der Waals surface area (Å²) in [5, 5.41) is 3.51. The molecule has 1 heterocycles. The molecule has 4 aromatic rings. The Labute approximate surface area is 185 Å². The Balaban J connectivity index is 1.79. The van der Waals surface area contributed by atoms with E-state index in [1.165, 1.54) is 11.8 Å². The van der Waals surface area contributed by atoms with Gasteiger partial charge >= 0.3 is 0 Å². The first-order chi connectivity index (χ1) is 15.0. The number of aryl methyl sites for hydroxylation is 2. The Morgan fingerprint density at radius 2 is 1.58 bits per heavy atom. The molecule has 5 nitrogen and oxygen atoms in total. The van der Waals surface area contributed by atoms with Gasteiger partial charge in [0.05, 0.1) is 21.8 Å². The number of hydrogen-bond acceptors (Lipinski definition) is 4. The molecule has 1 atom stereocenters. The first-order valence-electron chi connectivity index (χ1n) is 10.1. The monoisotopic (exact) mass is 429 g/mol. The lowest BCUT2D eigenvalue weighted by Crippen LogP contribution is -2.27. The maximum absolute atomic E-state index is 13.5. The molecular weight excluding hydrogens is 406 g/mol. The number of nitrogens with one attached hydrogen (secondary N) is 1. The van der Waals surface area contributed by atoms with E-state index < -0.39 is 5.25 Å². The van der Waals surface area contributed by atoms with Crippen molar-refractivity contribution in [1.29, 1.82) is 0 Å². The second-order valence-corrected chi connectivity index (χ2v) is 8.72. The molecule has 0 radical (unpaired) electrons. The Kier molecular flexibility index (Phi) is 5.91. The quantitative estimate of drug-likeness (QED) is 0.353. The van der Waals surface area contributed by atoms with Crippen LogP contribution in [-0.4, -0.2) is 20.7 Å². The van der Waals surface area contributed by atoms with Crippen molar-refractivity contribution in [3.05, 3.63) is 94.3 Å². The van der Waals surface area contributed by atoms with Gasteiger partial charge in [0.1, 0.15) is 0 Å². The number of nitrogens with zero attached hydrogens (tertiary/aromatic N) is 2. The average Bonchev–Trinajstić information content (AvgIpc) is 2.76. The summed E-state index contributed by atoms with van der Waals surface area (Å²) >= 11 is 1.28. The Morgan fingerprint density at radius 1 is 0.935 bits per heavy atom. The SMILES string of the molecule is Cc1cccc(C)c1-n1c(SC(C)C(=O)Nc2ccccc2)nc2ccccc2c1=O. The van der Waals surface area contributed by atoms with Crippen LogP contribution in [0.5, 0.6) is 0 Å². The number of fused-ring (bicyclic) bond motifs is 1. The van der Waals surface area contributed by atoms with E-state index in [0.717, 1.165) is 22.5 Å². The molecule has 0 aliphatic heterocycles. The fraction of sp³-hybridized carbons (Fsp3) is 0.160. The van der Waals surface area contributed by atoms with E-state index in [1.54, 1.807) is 10.6 Å². The van der Waals surface area contributed by atoms with Crippen molar-refractivity contribution in [2.45, 2.75) is 31.2 Å². The normalized spacial score (nSPS) is 12.0. The summed E-state index contributed by atoms with van der Waals surface area (Å²) in [6.45, 7) is 5.77. The molecule has 1 unspecified atom stereocenters. The van der Waals surface area contributed by atoms with Crippen LogP contribution in [0, 0.1) is 13.8 Å². The lowest BCUT2D eigenvalue weighted by atomic mass is 10.1. The van der Waals surface area contributed by atoms with E-state index in [0.29, 0.717) is 16.1 Å². The van der Waals surface area contributed by atoms with Crippen LogP contribution in [0.4, 0.5) is 5.69 Å². The van der Waals surface area contributed by atoms with Gasteiger partial charge in [0.2, 0.25) is 5.91 Å². The minimum Gasteiger partial charge on any atom is -0.325 e. The van der Waals surface area contributed by atoms with Gasteiger partial charge in [-0.2, -0.15) is 0 Å². The molecule has 1 aromatic heterocycles. The molecular formula is C25H23N3O2S. The van der Waals surface area contributed by atoms with Crippen LogP contribution < -0.4 is 10.9 Å². The molecule has 6 heteroatoms. The number of benzene rings is 3. The van der Waals surface area contributed by atoms with Crippen LogP contribution in [0.3, 0.4) is 0 Å². The van der Waals surface area contributed by atoms with Crippen molar-refractivity contribution in [1.82, 2.24) is 9.55 Å². The molecule has 0 bridgehead atoms. The van der Waals surface area contributed by atoms with Crippen molar-refractivity contribution in [3.8, 4) is 5.69 Å². The van der Waals surface area contributed by atoms with Crippen molar-refractivity contribution in [3.63, 3.8) is 0 Å². The van der Waals surface area contributed by atoms with Gasteiger partial charge in [-0.3, -0.25) is 14.2 Å². The third-order valence-corrected chi connectivity index (χ3v) is 6.15. The van der Waals surface area contributed by atoms with Gasteiger partial charge in [-0.15, -0.1) is 0 Å². The third kappa shape index (κ3) is 4.25. The van der Waals surface area contributed by atoms with Gasteiger partial charge in [-0.05, 0) is 56.2 Å². The summed E-state index contributed by atoms with van der Waals surface area (Å²) < 4.78 is 1.64. The van der Waals surface area contributed by atoms with Gasteiger partial charge in [-0.1, -0.05) is 60.3 Å². The van der Waals surface area contributed by atoms with Gasteiger partial charge < -0.3 is 5.32 Å². The predicted octanol–water partition coefficient (Wildman–Crippen LogP) is 5.12. The largest absolute Gasteiger partial charge is 0.325 e. The smallest absolute Gasteiger partial charge is 0.266 e. The minimum absolute atomic E-state index is 0.138. The summed E-state index contributed by atoms with van der Waals surface area (Å²) in [4.78, 5) is 31.1. The Hall–Kier alpha value is -3.38. The molecule has 3 aromatic carbocycles. The highest BCUT2D eigenvalue weighted by atomic mass is 32.2. The van der Waals surface area contributed by atoms with Crippen LogP contribution in [-0.2, 0) is 4.79 Å². The molecule has 1 N–H and O–H groups in total. The van der Waals surface area contributed by atoms with Crippen LogP contribution in [0.2, 0.25) is 0 Å². The Morgan fingerprint density at radius 3 is 2.29 bits per heavy atom. The van der Waals surface area contributed by atoms with E-state index in [1.807, 2.05) is 87.5 Å². The van der Waals surface area contributed by atoms with Crippen molar-refractivity contribution < 1.29 is 4.79 Å². The van der Waals surface area contributed by atoms with Gasteiger partial charge in [0, 0.05) is 5.69 Å². The van der Waals surface area contributed by atoms with E-state index >= 15 is 0 Å². The summed E-state index contributed by atoms with van der Waals surface area (Å²) in [6.07, 6.45) is 0. The highest BCUT2D eigenvalue weighted by molar-refractivity contribution is 8.00. The number of hydrogen-bond donors (Lipinski definition) is 1. The number of anilines is 1. The lowest BCUT2D eigenvalue weighted by molar-refractivity contribution is -0.115. The first-order valence-corrected chi connectivity index (χ1v) is 10.9. The van der Waals surface area contributed by atoms with E-state index in [-0.39, 0.29) is 11.5 Å². The number of amides is 1. The van der Waals surface area contributed by atoms with Gasteiger partial charge in [-0.25, -0.2) is 4.98 Å². The van der Waals surface area contributed by atoms with E-state index in [9.17, 15) is 9.59 Å². The number of carbonyl (C=O) groups is 1. The number of thioether (sulfide) groups is 1. The molecule has 1 amide bonds. The van der Waals surface area contributed by atoms with E-state index in [2.05, 4.69) is 5.32 Å². The second-order valence-electron chi connectivity index (χ2n) is 7.41. The highest BCUT2D eigenvalue weighted by Crippen LogP contribution is 2.28. The third-order valence-electron chi connectivity index (χ3n) is 5.10. The van der Waals surface area contributed by atoms with Crippen molar-refractivity contribution in [2.75, 3.05) is 5.32 Å². The molecule has 156 valence electrons. The molecule has 0 saturated heterocycles. The van der Waals surface area contributed by atoms with Gasteiger partial charge in [0.25, 0.3) is 5.56 Å². The zero-order valence-corrected chi connectivity index (χ0v) is 18.4. The zero-order valence-electron chi connectivity index (χ0n) is 17.6. The predicted molar refractivity (Wildman–Crippen MR) is 127 cm³/mol. The summed E-state index contributed by atoms with van der Waals surface area (Å²) in [6, 6.07) is 22.6.